The van der Waals surface area contributed by atoms with Gasteiger partial charge in [-0.3, -0.25) is 14.4 Å². The largest absolute Gasteiger partial charge is 0.340 e. The smallest absolute Gasteiger partial charge is 0.244 e. The SMILES string of the molecule is Cc1cnn(CC(=O)N2CCCN(Cc3csc(C)n3)CC2)c1. The van der Waals surface area contributed by atoms with Gasteiger partial charge in [0.25, 0.3) is 0 Å². The number of aromatic nitrogens is 3. The van der Waals surface area contributed by atoms with Crippen molar-refractivity contribution in [3.63, 3.8) is 0 Å². The second-order valence-electron chi connectivity index (χ2n) is 6.08. The second kappa shape index (κ2) is 7.23. The molecule has 0 atom stereocenters. The van der Waals surface area contributed by atoms with E-state index in [0.29, 0.717) is 6.54 Å². The van der Waals surface area contributed by atoms with Crippen LogP contribution in [0.25, 0.3) is 0 Å². The van der Waals surface area contributed by atoms with Gasteiger partial charge in [-0.1, -0.05) is 0 Å². The van der Waals surface area contributed by atoms with E-state index in [2.05, 4.69) is 20.4 Å². The summed E-state index contributed by atoms with van der Waals surface area (Å²) in [6, 6.07) is 0. The van der Waals surface area contributed by atoms with Crippen LogP contribution in [0.2, 0.25) is 0 Å². The number of thiazole rings is 1. The first-order chi connectivity index (χ1) is 11.1. The predicted molar refractivity (Wildman–Crippen MR) is 90.3 cm³/mol. The minimum Gasteiger partial charge on any atom is -0.340 e. The van der Waals surface area contributed by atoms with E-state index in [-0.39, 0.29) is 5.91 Å². The lowest BCUT2D eigenvalue weighted by Gasteiger charge is -2.21. The molecule has 1 aliphatic rings. The van der Waals surface area contributed by atoms with Gasteiger partial charge < -0.3 is 4.90 Å². The molecule has 2 aromatic heterocycles. The van der Waals surface area contributed by atoms with Crippen LogP contribution in [0.15, 0.2) is 17.8 Å². The van der Waals surface area contributed by atoms with E-state index in [1.54, 1.807) is 22.2 Å². The molecule has 2 aromatic rings. The first-order valence-electron chi connectivity index (χ1n) is 8.00. The van der Waals surface area contributed by atoms with Crippen molar-refractivity contribution in [2.75, 3.05) is 26.2 Å². The maximum Gasteiger partial charge on any atom is 0.244 e. The maximum absolute atomic E-state index is 12.4. The number of aryl methyl sites for hydroxylation is 2. The van der Waals surface area contributed by atoms with E-state index >= 15 is 0 Å². The number of carbonyl (C=O) groups excluding carboxylic acids is 1. The Morgan fingerprint density at radius 2 is 2.13 bits per heavy atom. The number of nitrogens with zero attached hydrogens (tertiary/aromatic N) is 5. The molecule has 3 rings (SSSR count). The first-order valence-corrected chi connectivity index (χ1v) is 8.88. The molecule has 0 aliphatic carbocycles. The number of hydrogen-bond acceptors (Lipinski definition) is 5. The molecule has 3 heterocycles. The summed E-state index contributed by atoms with van der Waals surface area (Å²) >= 11 is 1.69. The summed E-state index contributed by atoms with van der Waals surface area (Å²) in [6.45, 7) is 8.76. The van der Waals surface area contributed by atoms with E-state index in [1.807, 2.05) is 24.9 Å². The summed E-state index contributed by atoms with van der Waals surface area (Å²) < 4.78 is 1.72. The van der Waals surface area contributed by atoms with Crippen molar-refractivity contribution in [3.8, 4) is 0 Å². The Kier molecular flexibility index (Phi) is 5.07. The van der Waals surface area contributed by atoms with E-state index in [9.17, 15) is 4.79 Å². The van der Waals surface area contributed by atoms with Gasteiger partial charge in [0.15, 0.2) is 0 Å². The number of rotatable bonds is 4. The quantitative estimate of drug-likeness (QED) is 0.854. The zero-order chi connectivity index (χ0) is 16.2. The average Bonchev–Trinajstić information content (AvgIpc) is 3.02. The van der Waals surface area contributed by atoms with Gasteiger partial charge in [0.1, 0.15) is 6.54 Å². The van der Waals surface area contributed by atoms with E-state index in [0.717, 1.165) is 55.4 Å². The van der Waals surface area contributed by atoms with Crippen LogP contribution < -0.4 is 0 Å². The van der Waals surface area contributed by atoms with Gasteiger partial charge >= 0.3 is 0 Å². The highest BCUT2D eigenvalue weighted by atomic mass is 32.1. The molecule has 6 nitrogen and oxygen atoms in total. The molecule has 124 valence electrons. The zero-order valence-corrected chi connectivity index (χ0v) is 14.6. The highest BCUT2D eigenvalue weighted by Crippen LogP contribution is 2.12. The van der Waals surface area contributed by atoms with Crippen molar-refractivity contribution < 1.29 is 4.79 Å². The lowest BCUT2D eigenvalue weighted by atomic mass is 10.3. The Bertz CT molecular complexity index is 665. The van der Waals surface area contributed by atoms with Crippen molar-refractivity contribution in [1.82, 2.24) is 24.6 Å². The molecular formula is C16H23N5OS. The molecule has 0 saturated carbocycles. The second-order valence-corrected chi connectivity index (χ2v) is 7.15. The van der Waals surface area contributed by atoms with Crippen LogP contribution in [0.1, 0.15) is 22.7 Å². The molecule has 0 unspecified atom stereocenters. The Labute approximate surface area is 140 Å². The molecule has 0 radical (unpaired) electrons. The Balaban J connectivity index is 1.52. The van der Waals surface area contributed by atoms with Gasteiger partial charge in [-0.05, 0) is 25.8 Å². The zero-order valence-electron chi connectivity index (χ0n) is 13.7. The minimum atomic E-state index is 0.152. The molecular weight excluding hydrogens is 310 g/mol. The van der Waals surface area contributed by atoms with Gasteiger partial charge in [-0.25, -0.2) is 4.98 Å². The van der Waals surface area contributed by atoms with E-state index < -0.39 is 0 Å². The van der Waals surface area contributed by atoms with Crippen molar-refractivity contribution in [1.29, 1.82) is 0 Å². The van der Waals surface area contributed by atoms with Gasteiger partial charge in [-0.2, -0.15) is 5.10 Å². The van der Waals surface area contributed by atoms with Crippen LogP contribution in [0, 0.1) is 13.8 Å². The third kappa shape index (κ3) is 4.39. The van der Waals surface area contributed by atoms with Crippen molar-refractivity contribution >= 4 is 17.2 Å². The highest BCUT2D eigenvalue weighted by Gasteiger charge is 2.20. The molecule has 0 spiro atoms. The summed E-state index contributed by atoms with van der Waals surface area (Å²) in [7, 11) is 0. The fourth-order valence-electron chi connectivity index (χ4n) is 2.88. The molecule has 0 aromatic carbocycles. The first kappa shape index (κ1) is 16.1. The summed E-state index contributed by atoms with van der Waals surface area (Å²) in [5.74, 6) is 0.152. The van der Waals surface area contributed by atoms with E-state index in [1.165, 1.54) is 0 Å². The number of hydrogen-bond donors (Lipinski definition) is 0. The van der Waals surface area contributed by atoms with Gasteiger partial charge in [0.05, 0.1) is 16.9 Å². The standard InChI is InChI=1S/C16H23N5OS/c1-13-8-17-21(9-13)11-16(22)20-5-3-4-19(6-7-20)10-15-12-23-14(2)18-15/h8-9,12H,3-7,10-11H2,1-2H3. The minimum absolute atomic E-state index is 0.152. The predicted octanol–water partition coefficient (Wildman–Crippen LogP) is 1.69. The summed E-state index contributed by atoms with van der Waals surface area (Å²) in [6.07, 6.45) is 4.70. The molecule has 7 heteroatoms. The van der Waals surface area contributed by atoms with Crippen molar-refractivity contribution in [3.05, 3.63) is 34.0 Å². The molecule has 1 fully saturated rings. The monoisotopic (exact) mass is 333 g/mol. The fraction of sp³-hybridized carbons (Fsp3) is 0.562. The molecule has 0 bridgehead atoms. The van der Waals surface area contributed by atoms with Crippen LogP contribution in [0.5, 0.6) is 0 Å². The third-order valence-electron chi connectivity index (χ3n) is 4.05. The van der Waals surface area contributed by atoms with Crippen LogP contribution in [-0.4, -0.2) is 56.7 Å². The van der Waals surface area contributed by atoms with Gasteiger partial charge in [0, 0.05) is 44.3 Å². The maximum atomic E-state index is 12.4. The number of amides is 1. The lowest BCUT2D eigenvalue weighted by molar-refractivity contribution is -0.131. The third-order valence-corrected chi connectivity index (χ3v) is 4.88. The van der Waals surface area contributed by atoms with Gasteiger partial charge in [0.2, 0.25) is 5.91 Å². The molecule has 1 saturated heterocycles. The molecule has 1 amide bonds. The summed E-state index contributed by atoms with van der Waals surface area (Å²) in [4.78, 5) is 21.3. The van der Waals surface area contributed by atoms with Crippen LogP contribution >= 0.6 is 11.3 Å². The van der Waals surface area contributed by atoms with Crippen molar-refractivity contribution in [2.24, 2.45) is 0 Å². The average molecular weight is 333 g/mol. The fourth-order valence-corrected chi connectivity index (χ4v) is 3.48. The lowest BCUT2D eigenvalue weighted by Crippen LogP contribution is -2.37. The summed E-state index contributed by atoms with van der Waals surface area (Å²) in [5.41, 5.74) is 2.22. The van der Waals surface area contributed by atoms with Crippen LogP contribution in [0.3, 0.4) is 0 Å². The normalized spacial score (nSPS) is 16.5. The molecule has 23 heavy (non-hydrogen) atoms. The number of carbonyl (C=O) groups is 1. The Morgan fingerprint density at radius 1 is 1.26 bits per heavy atom. The van der Waals surface area contributed by atoms with Crippen LogP contribution in [0.4, 0.5) is 0 Å². The summed E-state index contributed by atoms with van der Waals surface area (Å²) in [5, 5.41) is 7.44. The Morgan fingerprint density at radius 3 is 2.83 bits per heavy atom. The topological polar surface area (TPSA) is 54.3 Å². The molecule has 1 aliphatic heterocycles. The Hall–Kier alpha value is -1.73. The van der Waals surface area contributed by atoms with Gasteiger partial charge in [-0.15, -0.1) is 11.3 Å². The van der Waals surface area contributed by atoms with Crippen LogP contribution in [-0.2, 0) is 17.9 Å². The molecule has 0 N–H and O–H groups in total. The van der Waals surface area contributed by atoms with E-state index in [4.69, 9.17) is 0 Å². The highest BCUT2D eigenvalue weighted by molar-refractivity contribution is 7.09. The van der Waals surface area contributed by atoms with Crippen molar-refractivity contribution in [2.45, 2.75) is 33.4 Å².